The van der Waals surface area contributed by atoms with Gasteiger partial charge in [-0.3, -0.25) is 0 Å². The van der Waals surface area contributed by atoms with Crippen LogP contribution >= 0.6 is 0 Å². The normalized spacial score (nSPS) is 8.89. The summed E-state index contributed by atoms with van der Waals surface area (Å²) in [6, 6.07) is 0. The van der Waals surface area contributed by atoms with Gasteiger partial charge in [0.25, 0.3) is 0 Å². The standard InChI is InChI=1S/C7H14N.BrH/c1-5-6-7-8(2,3)4;/h7H2,1-4H3;1H/q+1;/p-1. The predicted molar refractivity (Wildman–Crippen MR) is 36.3 cm³/mol. The minimum Gasteiger partial charge on any atom is -1.00 e. The Hall–Kier alpha value is 0. The van der Waals surface area contributed by atoms with Crippen molar-refractivity contribution < 1.29 is 21.5 Å². The van der Waals surface area contributed by atoms with Gasteiger partial charge in [-0.1, -0.05) is 0 Å². The summed E-state index contributed by atoms with van der Waals surface area (Å²) in [5.41, 5.74) is 0. The lowest BCUT2D eigenvalue weighted by atomic mass is 10.5. The minimum atomic E-state index is 0. The second kappa shape index (κ2) is 4.84. The molecule has 0 aliphatic heterocycles. The maximum Gasteiger partial charge on any atom is 0.140 e. The summed E-state index contributed by atoms with van der Waals surface area (Å²) in [4.78, 5) is 0. The van der Waals surface area contributed by atoms with Crippen LogP contribution in [0.5, 0.6) is 0 Å². The van der Waals surface area contributed by atoms with Crippen molar-refractivity contribution in [3.63, 3.8) is 0 Å². The Labute approximate surface area is 68.4 Å². The van der Waals surface area contributed by atoms with Gasteiger partial charge >= 0.3 is 0 Å². The first-order chi connectivity index (χ1) is 3.56. The molecule has 1 nitrogen and oxygen atoms in total. The zero-order valence-electron chi connectivity index (χ0n) is 6.53. The van der Waals surface area contributed by atoms with Gasteiger partial charge in [-0.25, -0.2) is 0 Å². The van der Waals surface area contributed by atoms with Crippen LogP contribution in [0.2, 0.25) is 0 Å². The highest BCUT2D eigenvalue weighted by Gasteiger charge is 2.00. The SMILES string of the molecule is CC#CC[N+](C)(C)C.[Br-]. The molecule has 0 saturated carbocycles. The Kier molecular flexibility index (Phi) is 6.32. The van der Waals surface area contributed by atoms with Gasteiger partial charge < -0.3 is 21.5 Å². The van der Waals surface area contributed by atoms with Crippen molar-refractivity contribution in [3.8, 4) is 11.8 Å². The summed E-state index contributed by atoms with van der Waals surface area (Å²) < 4.78 is 0.931. The fraction of sp³-hybridized carbons (Fsp3) is 0.714. The molecule has 0 aromatic heterocycles. The van der Waals surface area contributed by atoms with E-state index >= 15 is 0 Å². The van der Waals surface area contributed by atoms with Crippen molar-refractivity contribution in [3.05, 3.63) is 0 Å². The number of hydrogen-bond donors (Lipinski definition) is 0. The van der Waals surface area contributed by atoms with Crippen LogP contribution in [0.4, 0.5) is 0 Å². The molecular weight excluding hydrogens is 178 g/mol. The van der Waals surface area contributed by atoms with Crippen molar-refractivity contribution in [1.29, 1.82) is 0 Å². The first-order valence-electron chi connectivity index (χ1n) is 2.76. The van der Waals surface area contributed by atoms with Crippen LogP contribution in [0.1, 0.15) is 6.92 Å². The molecule has 0 atom stereocenters. The largest absolute Gasteiger partial charge is 1.00 e. The van der Waals surface area contributed by atoms with E-state index in [2.05, 4.69) is 33.0 Å². The fourth-order valence-corrected chi connectivity index (χ4v) is 0.316. The van der Waals surface area contributed by atoms with Crippen molar-refractivity contribution in [2.24, 2.45) is 0 Å². The summed E-state index contributed by atoms with van der Waals surface area (Å²) >= 11 is 0. The van der Waals surface area contributed by atoms with E-state index in [1.807, 2.05) is 6.92 Å². The Bertz CT molecular complexity index is 113. The average Bonchev–Trinajstić information content (AvgIpc) is 1.59. The van der Waals surface area contributed by atoms with Gasteiger partial charge in [-0.2, -0.15) is 0 Å². The molecule has 0 spiro atoms. The van der Waals surface area contributed by atoms with E-state index in [-0.39, 0.29) is 17.0 Å². The predicted octanol–water partition coefficient (Wildman–Crippen LogP) is -2.28. The number of quaternary nitrogens is 1. The quantitative estimate of drug-likeness (QED) is 0.324. The second-order valence-corrected chi connectivity index (χ2v) is 2.88. The highest BCUT2D eigenvalue weighted by atomic mass is 79.9. The smallest absolute Gasteiger partial charge is 0.140 e. The van der Waals surface area contributed by atoms with Crippen molar-refractivity contribution >= 4 is 0 Å². The van der Waals surface area contributed by atoms with E-state index < -0.39 is 0 Å². The van der Waals surface area contributed by atoms with Crippen molar-refractivity contribution in [2.75, 3.05) is 27.7 Å². The van der Waals surface area contributed by atoms with Crippen LogP contribution < -0.4 is 17.0 Å². The van der Waals surface area contributed by atoms with Gasteiger partial charge in [0.1, 0.15) is 6.54 Å². The Morgan fingerprint density at radius 1 is 1.22 bits per heavy atom. The zero-order chi connectivity index (χ0) is 6.62. The topological polar surface area (TPSA) is 0 Å². The average molecular weight is 192 g/mol. The van der Waals surface area contributed by atoms with E-state index in [9.17, 15) is 0 Å². The molecule has 0 aliphatic rings. The first-order valence-corrected chi connectivity index (χ1v) is 2.76. The van der Waals surface area contributed by atoms with Gasteiger partial charge in [0.05, 0.1) is 21.1 Å². The lowest BCUT2D eigenvalue weighted by molar-refractivity contribution is -0.862. The van der Waals surface area contributed by atoms with E-state index in [1.165, 1.54) is 0 Å². The number of rotatable bonds is 1. The van der Waals surface area contributed by atoms with Gasteiger partial charge in [0, 0.05) is 0 Å². The molecule has 2 heteroatoms. The molecule has 0 aromatic rings. The summed E-state index contributed by atoms with van der Waals surface area (Å²) in [7, 11) is 6.39. The van der Waals surface area contributed by atoms with Gasteiger partial charge in [-0.15, -0.1) is 5.92 Å². The second-order valence-electron chi connectivity index (χ2n) is 2.88. The first kappa shape index (κ1) is 11.8. The third-order valence-electron chi connectivity index (χ3n) is 0.730. The molecule has 0 N–H and O–H groups in total. The maximum atomic E-state index is 3.01. The molecule has 0 bridgehead atoms. The van der Waals surface area contributed by atoms with Crippen LogP contribution in [-0.2, 0) is 0 Å². The fourth-order valence-electron chi connectivity index (χ4n) is 0.316. The Morgan fingerprint density at radius 3 is 1.78 bits per heavy atom. The summed E-state index contributed by atoms with van der Waals surface area (Å²) in [6.07, 6.45) is 0. The van der Waals surface area contributed by atoms with Crippen LogP contribution in [0, 0.1) is 11.8 Å². The van der Waals surface area contributed by atoms with E-state index in [0.29, 0.717) is 0 Å². The molecule has 0 aliphatic carbocycles. The van der Waals surface area contributed by atoms with Crippen molar-refractivity contribution in [2.45, 2.75) is 6.92 Å². The van der Waals surface area contributed by atoms with Crippen molar-refractivity contribution in [1.82, 2.24) is 0 Å². The number of hydrogen-bond acceptors (Lipinski definition) is 0. The third-order valence-corrected chi connectivity index (χ3v) is 0.730. The minimum absolute atomic E-state index is 0. The third kappa shape index (κ3) is 11.5. The van der Waals surface area contributed by atoms with E-state index in [1.54, 1.807) is 0 Å². The van der Waals surface area contributed by atoms with Crippen LogP contribution in [-0.4, -0.2) is 32.2 Å². The summed E-state index contributed by atoms with van der Waals surface area (Å²) in [6.45, 7) is 2.81. The summed E-state index contributed by atoms with van der Waals surface area (Å²) in [5.74, 6) is 5.87. The molecule has 0 heterocycles. The van der Waals surface area contributed by atoms with E-state index in [4.69, 9.17) is 0 Å². The van der Waals surface area contributed by atoms with Crippen LogP contribution in [0.3, 0.4) is 0 Å². The number of nitrogens with zero attached hydrogens (tertiary/aromatic N) is 1. The maximum absolute atomic E-state index is 3.01. The Morgan fingerprint density at radius 2 is 1.67 bits per heavy atom. The van der Waals surface area contributed by atoms with Gasteiger partial charge in [0.2, 0.25) is 0 Å². The lowest BCUT2D eigenvalue weighted by Crippen LogP contribution is -3.00. The molecule has 9 heavy (non-hydrogen) atoms. The molecule has 0 radical (unpaired) electrons. The molecule has 0 fully saturated rings. The molecule has 0 saturated heterocycles. The lowest BCUT2D eigenvalue weighted by Gasteiger charge is -2.19. The molecule has 0 aromatic carbocycles. The monoisotopic (exact) mass is 191 g/mol. The summed E-state index contributed by atoms with van der Waals surface area (Å²) in [5, 5.41) is 0. The molecule has 54 valence electrons. The molecular formula is C7H14BrN. The highest BCUT2D eigenvalue weighted by Crippen LogP contribution is 1.84. The van der Waals surface area contributed by atoms with Crippen LogP contribution in [0.25, 0.3) is 0 Å². The number of halogens is 1. The highest BCUT2D eigenvalue weighted by molar-refractivity contribution is 4.94. The van der Waals surface area contributed by atoms with Gasteiger partial charge in [0.15, 0.2) is 0 Å². The van der Waals surface area contributed by atoms with Gasteiger partial charge in [-0.05, 0) is 12.8 Å². The zero-order valence-corrected chi connectivity index (χ0v) is 8.12. The molecule has 0 amide bonds. The molecule has 0 unspecified atom stereocenters. The van der Waals surface area contributed by atoms with Crippen LogP contribution in [0.15, 0.2) is 0 Å². The van der Waals surface area contributed by atoms with E-state index in [0.717, 1.165) is 11.0 Å². The molecule has 0 rings (SSSR count). The Balaban J connectivity index is 0.